The number of likely N-dealkylation sites (tertiary alicyclic amines) is 1. The van der Waals surface area contributed by atoms with Crippen molar-refractivity contribution in [3.63, 3.8) is 0 Å². The molecule has 0 saturated carbocycles. The van der Waals surface area contributed by atoms with Gasteiger partial charge in [-0.25, -0.2) is 9.59 Å². The normalized spacial score (nSPS) is 17.6. The van der Waals surface area contributed by atoms with Gasteiger partial charge in [-0.15, -0.1) is 0 Å². The summed E-state index contributed by atoms with van der Waals surface area (Å²) in [7, 11) is 0. The van der Waals surface area contributed by atoms with Crippen LogP contribution >= 0.6 is 0 Å². The average molecular weight is 500 g/mol. The highest BCUT2D eigenvalue weighted by Crippen LogP contribution is 2.28. The van der Waals surface area contributed by atoms with Crippen molar-refractivity contribution in [2.45, 2.75) is 51.8 Å². The Morgan fingerprint density at radius 1 is 0.973 bits per heavy atom. The van der Waals surface area contributed by atoms with Crippen molar-refractivity contribution >= 4 is 33.6 Å². The molecule has 0 spiro atoms. The number of carbonyl (C=O) groups is 2. The number of hydrogen-bond donors (Lipinski definition) is 0. The maximum Gasteiger partial charge on any atom is 0.338 e. The molecule has 0 N–H and O–H groups in total. The SMILES string of the molecule is CC1CCCC(C)N1C(=O)COc1ccc(C(=O)OCc2cc(=O)oc3ccc4ccccc4c23)cc1. The monoisotopic (exact) mass is 499 g/mol. The molecule has 1 fully saturated rings. The van der Waals surface area contributed by atoms with Crippen LogP contribution in [0.1, 0.15) is 49.0 Å². The van der Waals surface area contributed by atoms with E-state index in [4.69, 9.17) is 13.9 Å². The number of rotatable bonds is 6. The number of piperidine rings is 1. The van der Waals surface area contributed by atoms with Crippen LogP contribution in [0.3, 0.4) is 0 Å². The van der Waals surface area contributed by atoms with Gasteiger partial charge in [0.25, 0.3) is 5.91 Å². The van der Waals surface area contributed by atoms with Gasteiger partial charge in [-0.3, -0.25) is 4.79 Å². The summed E-state index contributed by atoms with van der Waals surface area (Å²) in [5.41, 5.74) is 0.866. The Labute approximate surface area is 214 Å². The van der Waals surface area contributed by atoms with Gasteiger partial charge < -0.3 is 18.8 Å². The van der Waals surface area contributed by atoms with E-state index in [-0.39, 0.29) is 31.2 Å². The van der Waals surface area contributed by atoms with E-state index in [1.54, 1.807) is 30.3 Å². The minimum atomic E-state index is -0.528. The molecule has 4 aromatic rings. The van der Waals surface area contributed by atoms with Crippen molar-refractivity contribution in [2.75, 3.05) is 6.61 Å². The molecule has 0 aliphatic carbocycles. The smallest absolute Gasteiger partial charge is 0.338 e. The second kappa shape index (κ2) is 10.5. The highest BCUT2D eigenvalue weighted by molar-refractivity contribution is 6.07. The summed E-state index contributed by atoms with van der Waals surface area (Å²) < 4.78 is 16.6. The molecular weight excluding hydrogens is 470 g/mol. The fourth-order valence-corrected chi connectivity index (χ4v) is 5.18. The van der Waals surface area contributed by atoms with Crippen LogP contribution in [0.2, 0.25) is 0 Å². The Morgan fingerprint density at radius 2 is 1.70 bits per heavy atom. The maximum absolute atomic E-state index is 12.7. The molecule has 3 aromatic carbocycles. The molecule has 2 atom stereocenters. The van der Waals surface area contributed by atoms with Crippen molar-refractivity contribution in [1.29, 1.82) is 0 Å². The molecule has 1 aliphatic heterocycles. The largest absolute Gasteiger partial charge is 0.484 e. The zero-order chi connectivity index (χ0) is 25.9. The quantitative estimate of drug-likeness (QED) is 0.199. The summed E-state index contributed by atoms with van der Waals surface area (Å²) in [6, 6.07) is 19.7. The molecule has 37 heavy (non-hydrogen) atoms. The number of fused-ring (bicyclic) bond motifs is 3. The van der Waals surface area contributed by atoms with Gasteiger partial charge in [0, 0.05) is 29.1 Å². The van der Waals surface area contributed by atoms with Crippen LogP contribution in [0, 0.1) is 0 Å². The topological polar surface area (TPSA) is 86.0 Å². The lowest BCUT2D eigenvalue weighted by atomic mass is 9.97. The molecule has 1 saturated heterocycles. The van der Waals surface area contributed by atoms with E-state index >= 15 is 0 Å². The van der Waals surface area contributed by atoms with Crippen molar-refractivity contribution in [3.05, 3.63) is 88.3 Å². The Kier molecular flexibility index (Phi) is 6.95. The van der Waals surface area contributed by atoms with Crippen LogP contribution in [0.4, 0.5) is 0 Å². The number of ether oxygens (including phenoxy) is 2. The molecule has 7 heteroatoms. The average Bonchev–Trinajstić information content (AvgIpc) is 2.90. The summed E-state index contributed by atoms with van der Waals surface area (Å²) >= 11 is 0. The van der Waals surface area contributed by atoms with E-state index < -0.39 is 11.6 Å². The molecule has 2 heterocycles. The molecule has 0 radical (unpaired) electrons. The number of carbonyl (C=O) groups excluding carboxylic acids is 2. The van der Waals surface area contributed by atoms with Gasteiger partial charge in [0.05, 0.1) is 5.56 Å². The standard InChI is InChI=1S/C30H29NO6/c1-19-6-5-7-20(2)31(19)27(32)18-35-24-13-10-22(11-14-24)30(34)36-17-23-16-28(33)37-26-15-12-21-8-3-4-9-25(21)29(23)26/h3-4,8-16,19-20H,5-7,17-18H2,1-2H3. The molecule has 7 nitrogen and oxygen atoms in total. The molecule has 1 aliphatic rings. The molecule has 1 aromatic heterocycles. The summed E-state index contributed by atoms with van der Waals surface area (Å²) in [5.74, 6) is -0.0594. The third kappa shape index (κ3) is 5.21. The number of amides is 1. The second-order valence-corrected chi connectivity index (χ2v) is 9.57. The molecule has 1 amide bonds. The minimum absolute atomic E-state index is 0.0322. The lowest BCUT2D eigenvalue weighted by molar-refractivity contribution is -0.139. The Hall–Kier alpha value is -4.13. The van der Waals surface area contributed by atoms with Crippen LogP contribution in [-0.2, 0) is 16.1 Å². The zero-order valence-corrected chi connectivity index (χ0v) is 20.9. The minimum Gasteiger partial charge on any atom is -0.484 e. The number of hydrogen-bond acceptors (Lipinski definition) is 6. The fraction of sp³-hybridized carbons (Fsp3) is 0.300. The van der Waals surface area contributed by atoms with Crippen LogP contribution in [0.5, 0.6) is 5.75 Å². The lowest BCUT2D eigenvalue weighted by Gasteiger charge is -2.38. The molecule has 2 unspecified atom stereocenters. The molecule has 0 bridgehead atoms. The van der Waals surface area contributed by atoms with Gasteiger partial charge in [0.15, 0.2) is 6.61 Å². The summed E-state index contributed by atoms with van der Waals surface area (Å²) in [6.45, 7) is 4.02. The van der Waals surface area contributed by atoms with E-state index in [0.29, 0.717) is 22.5 Å². The third-order valence-electron chi connectivity index (χ3n) is 7.01. The third-order valence-corrected chi connectivity index (χ3v) is 7.01. The van der Waals surface area contributed by atoms with E-state index in [0.717, 1.165) is 35.4 Å². The Morgan fingerprint density at radius 3 is 2.46 bits per heavy atom. The summed E-state index contributed by atoms with van der Waals surface area (Å²) in [4.78, 5) is 39.4. The van der Waals surface area contributed by atoms with E-state index in [9.17, 15) is 14.4 Å². The van der Waals surface area contributed by atoms with Crippen LogP contribution in [-0.4, -0.2) is 35.5 Å². The number of benzene rings is 3. The van der Waals surface area contributed by atoms with Crippen molar-refractivity contribution in [1.82, 2.24) is 4.90 Å². The zero-order valence-electron chi connectivity index (χ0n) is 20.9. The number of nitrogens with zero attached hydrogens (tertiary/aromatic N) is 1. The maximum atomic E-state index is 12.7. The lowest BCUT2D eigenvalue weighted by Crippen LogP contribution is -2.49. The van der Waals surface area contributed by atoms with Crippen LogP contribution < -0.4 is 10.4 Å². The highest BCUT2D eigenvalue weighted by atomic mass is 16.5. The van der Waals surface area contributed by atoms with Crippen molar-refractivity contribution in [2.24, 2.45) is 0 Å². The first-order valence-electron chi connectivity index (χ1n) is 12.6. The predicted molar refractivity (Wildman–Crippen MR) is 141 cm³/mol. The first kappa shape index (κ1) is 24.6. The van der Waals surface area contributed by atoms with Gasteiger partial charge in [-0.1, -0.05) is 30.3 Å². The van der Waals surface area contributed by atoms with Gasteiger partial charge in [0.1, 0.15) is 17.9 Å². The van der Waals surface area contributed by atoms with Gasteiger partial charge in [-0.2, -0.15) is 0 Å². The second-order valence-electron chi connectivity index (χ2n) is 9.57. The first-order chi connectivity index (χ1) is 17.9. The van der Waals surface area contributed by atoms with Crippen LogP contribution in [0.15, 0.2) is 75.9 Å². The molecular formula is C30H29NO6. The Balaban J connectivity index is 1.25. The Bertz CT molecular complexity index is 1500. The number of esters is 1. The summed E-state index contributed by atoms with van der Waals surface area (Å²) in [6.07, 6.45) is 3.15. The van der Waals surface area contributed by atoms with Gasteiger partial charge in [0.2, 0.25) is 0 Å². The van der Waals surface area contributed by atoms with Crippen LogP contribution in [0.25, 0.3) is 21.7 Å². The molecule has 5 rings (SSSR count). The van der Waals surface area contributed by atoms with Gasteiger partial charge >= 0.3 is 11.6 Å². The van der Waals surface area contributed by atoms with Crippen molar-refractivity contribution < 1.29 is 23.5 Å². The van der Waals surface area contributed by atoms with Crippen molar-refractivity contribution in [3.8, 4) is 5.75 Å². The first-order valence-corrected chi connectivity index (χ1v) is 12.6. The predicted octanol–water partition coefficient (Wildman–Crippen LogP) is 5.47. The van der Waals surface area contributed by atoms with Gasteiger partial charge in [-0.05, 0) is 74.2 Å². The summed E-state index contributed by atoms with van der Waals surface area (Å²) in [5, 5.41) is 2.66. The fourth-order valence-electron chi connectivity index (χ4n) is 5.18. The molecule has 190 valence electrons. The van der Waals surface area contributed by atoms with E-state index in [1.165, 1.54) is 6.07 Å². The van der Waals surface area contributed by atoms with E-state index in [2.05, 4.69) is 13.8 Å². The highest BCUT2D eigenvalue weighted by Gasteiger charge is 2.29. The van der Waals surface area contributed by atoms with E-state index in [1.807, 2.05) is 35.2 Å².